The van der Waals surface area contributed by atoms with Crippen molar-refractivity contribution in [1.82, 2.24) is 14.5 Å². The van der Waals surface area contributed by atoms with Crippen molar-refractivity contribution in [3.63, 3.8) is 0 Å². The summed E-state index contributed by atoms with van der Waals surface area (Å²) in [7, 11) is 0. The van der Waals surface area contributed by atoms with Crippen LogP contribution in [0.4, 0.5) is 0 Å². The number of imidazole rings is 1. The van der Waals surface area contributed by atoms with Crippen molar-refractivity contribution in [2.24, 2.45) is 0 Å². The van der Waals surface area contributed by atoms with Crippen LogP contribution < -0.4 is 5.69 Å². The van der Waals surface area contributed by atoms with E-state index in [2.05, 4.69) is 38.8 Å². The monoisotopic (exact) mass is 435 g/mol. The van der Waals surface area contributed by atoms with Crippen molar-refractivity contribution >= 4 is 27.0 Å². The summed E-state index contributed by atoms with van der Waals surface area (Å²) in [5.74, 6) is 0. The number of hydrogen-bond donors (Lipinski definition) is 1. The summed E-state index contributed by atoms with van der Waals surface area (Å²) in [6, 6.07) is 7.00. The Bertz CT molecular complexity index is 814. The number of hydrogen-bond acceptors (Lipinski definition) is 3. The SMILES string of the molecule is CCCOC1CCC(N2CCC(n3c(=O)[nH]c4ccc(Br)cc43)CC2)CC1. The quantitative estimate of drug-likeness (QED) is 0.753. The molecular weight excluding hydrogens is 406 g/mol. The van der Waals surface area contributed by atoms with E-state index in [1.807, 2.05) is 16.7 Å². The molecule has 2 aliphatic rings. The van der Waals surface area contributed by atoms with Crippen molar-refractivity contribution in [1.29, 1.82) is 0 Å². The molecule has 1 N–H and O–H groups in total. The van der Waals surface area contributed by atoms with Crippen LogP contribution in [0.15, 0.2) is 27.5 Å². The van der Waals surface area contributed by atoms with Gasteiger partial charge in [-0.25, -0.2) is 4.79 Å². The molecule has 1 aromatic carbocycles. The third-order valence-electron chi connectivity index (χ3n) is 6.26. The van der Waals surface area contributed by atoms with E-state index < -0.39 is 0 Å². The van der Waals surface area contributed by atoms with Gasteiger partial charge in [0.05, 0.1) is 17.1 Å². The fraction of sp³-hybridized carbons (Fsp3) is 0.667. The molecule has 148 valence electrons. The predicted octanol–water partition coefficient (Wildman–Crippen LogP) is 4.47. The third kappa shape index (κ3) is 4.17. The highest BCUT2D eigenvalue weighted by Crippen LogP contribution is 2.31. The minimum Gasteiger partial charge on any atom is -0.378 e. The summed E-state index contributed by atoms with van der Waals surface area (Å²) in [6.07, 6.45) is 8.56. The molecule has 1 saturated heterocycles. The van der Waals surface area contributed by atoms with Crippen LogP contribution in [0.5, 0.6) is 0 Å². The fourth-order valence-corrected chi connectivity index (χ4v) is 5.18. The van der Waals surface area contributed by atoms with E-state index in [1.165, 1.54) is 25.7 Å². The molecule has 1 saturated carbocycles. The van der Waals surface area contributed by atoms with Gasteiger partial charge in [0.25, 0.3) is 0 Å². The lowest BCUT2D eigenvalue weighted by Crippen LogP contribution is -2.45. The Hall–Kier alpha value is -1.11. The van der Waals surface area contributed by atoms with Gasteiger partial charge in [-0.15, -0.1) is 0 Å². The van der Waals surface area contributed by atoms with Gasteiger partial charge in [-0.1, -0.05) is 22.9 Å². The minimum atomic E-state index is 0.0233. The van der Waals surface area contributed by atoms with E-state index in [0.29, 0.717) is 18.2 Å². The molecule has 6 heteroatoms. The van der Waals surface area contributed by atoms with Crippen molar-refractivity contribution in [2.45, 2.75) is 70.1 Å². The fourth-order valence-electron chi connectivity index (χ4n) is 4.83. The van der Waals surface area contributed by atoms with Crippen LogP contribution in [0, 0.1) is 0 Å². The Morgan fingerprint density at radius 2 is 1.85 bits per heavy atom. The molecule has 2 heterocycles. The van der Waals surface area contributed by atoms with Gasteiger partial charge in [-0.3, -0.25) is 4.57 Å². The summed E-state index contributed by atoms with van der Waals surface area (Å²) < 4.78 is 8.93. The number of aromatic amines is 1. The van der Waals surface area contributed by atoms with E-state index in [0.717, 1.165) is 54.5 Å². The first kappa shape index (κ1) is 19.2. The first-order chi connectivity index (χ1) is 13.2. The van der Waals surface area contributed by atoms with Crippen molar-refractivity contribution in [3.05, 3.63) is 33.2 Å². The van der Waals surface area contributed by atoms with Gasteiger partial charge < -0.3 is 14.6 Å². The highest BCUT2D eigenvalue weighted by Gasteiger charge is 2.30. The van der Waals surface area contributed by atoms with Crippen LogP contribution in [0.2, 0.25) is 0 Å². The largest absolute Gasteiger partial charge is 0.378 e. The van der Waals surface area contributed by atoms with Crippen molar-refractivity contribution in [2.75, 3.05) is 19.7 Å². The van der Waals surface area contributed by atoms with Crippen LogP contribution in [-0.2, 0) is 4.74 Å². The maximum absolute atomic E-state index is 12.5. The molecular formula is C21H30BrN3O2. The van der Waals surface area contributed by atoms with Gasteiger partial charge in [0.15, 0.2) is 0 Å². The Balaban J connectivity index is 1.37. The normalized spacial score (nSPS) is 25.3. The summed E-state index contributed by atoms with van der Waals surface area (Å²) in [6.45, 7) is 5.25. The third-order valence-corrected chi connectivity index (χ3v) is 6.75. The molecule has 27 heavy (non-hydrogen) atoms. The highest BCUT2D eigenvalue weighted by molar-refractivity contribution is 9.10. The number of H-pyrrole nitrogens is 1. The second-order valence-corrected chi connectivity index (χ2v) is 8.95. The number of rotatable bonds is 5. The van der Waals surface area contributed by atoms with Crippen LogP contribution in [0.3, 0.4) is 0 Å². The Labute approximate surface area is 169 Å². The molecule has 0 unspecified atom stereocenters. The molecule has 0 amide bonds. The summed E-state index contributed by atoms with van der Waals surface area (Å²) in [4.78, 5) is 18.2. The van der Waals surface area contributed by atoms with E-state index in [9.17, 15) is 4.79 Å². The first-order valence-electron chi connectivity index (χ1n) is 10.4. The van der Waals surface area contributed by atoms with Gasteiger partial charge in [0, 0.05) is 36.3 Å². The number of piperidine rings is 1. The summed E-state index contributed by atoms with van der Waals surface area (Å²) >= 11 is 3.53. The molecule has 1 aliphatic heterocycles. The molecule has 5 nitrogen and oxygen atoms in total. The van der Waals surface area contributed by atoms with Crippen molar-refractivity contribution < 1.29 is 4.74 Å². The average Bonchev–Trinajstić information content (AvgIpc) is 3.02. The zero-order valence-electron chi connectivity index (χ0n) is 16.1. The summed E-state index contributed by atoms with van der Waals surface area (Å²) in [5, 5.41) is 0. The molecule has 0 bridgehead atoms. The van der Waals surface area contributed by atoms with E-state index >= 15 is 0 Å². The second-order valence-electron chi connectivity index (χ2n) is 8.03. The molecule has 1 aromatic heterocycles. The number of fused-ring (bicyclic) bond motifs is 1. The number of nitrogens with zero attached hydrogens (tertiary/aromatic N) is 2. The number of nitrogens with one attached hydrogen (secondary N) is 1. The van der Waals surface area contributed by atoms with Gasteiger partial charge in [0.1, 0.15) is 0 Å². The van der Waals surface area contributed by atoms with Crippen molar-refractivity contribution in [3.8, 4) is 0 Å². The van der Waals surface area contributed by atoms with E-state index in [1.54, 1.807) is 0 Å². The van der Waals surface area contributed by atoms with E-state index in [-0.39, 0.29) is 5.69 Å². The Morgan fingerprint density at radius 3 is 2.56 bits per heavy atom. The number of ether oxygens (including phenoxy) is 1. The zero-order valence-corrected chi connectivity index (χ0v) is 17.7. The van der Waals surface area contributed by atoms with Gasteiger partial charge >= 0.3 is 5.69 Å². The van der Waals surface area contributed by atoms with Crippen LogP contribution in [0.25, 0.3) is 11.0 Å². The lowest BCUT2D eigenvalue weighted by Gasteiger charge is -2.41. The summed E-state index contributed by atoms with van der Waals surface area (Å²) in [5.41, 5.74) is 1.97. The van der Waals surface area contributed by atoms with Gasteiger partial charge in [-0.05, 0) is 63.1 Å². The maximum atomic E-state index is 12.5. The lowest BCUT2D eigenvalue weighted by molar-refractivity contribution is 0.00254. The molecule has 1 aliphatic carbocycles. The molecule has 2 fully saturated rings. The Kier molecular flexibility index (Phi) is 6.05. The van der Waals surface area contributed by atoms with Gasteiger partial charge in [-0.2, -0.15) is 0 Å². The molecule has 0 atom stereocenters. The zero-order chi connectivity index (χ0) is 18.8. The molecule has 0 spiro atoms. The topological polar surface area (TPSA) is 50.3 Å². The smallest absolute Gasteiger partial charge is 0.326 e. The molecule has 0 radical (unpaired) electrons. The minimum absolute atomic E-state index is 0.0233. The number of likely N-dealkylation sites (tertiary alicyclic amines) is 1. The van der Waals surface area contributed by atoms with Gasteiger partial charge in [0.2, 0.25) is 0 Å². The second kappa shape index (κ2) is 8.50. The van der Waals surface area contributed by atoms with Crippen LogP contribution in [-0.4, -0.2) is 46.3 Å². The number of halogens is 1. The lowest BCUT2D eigenvalue weighted by atomic mass is 9.90. The number of benzene rings is 1. The number of aromatic nitrogens is 2. The maximum Gasteiger partial charge on any atom is 0.326 e. The highest BCUT2D eigenvalue weighted by atomic mass is 79.9. The molecule has 2 aromatic rings. The Morgan fingerprint density at radius 1 is 1.11 bits per heavy atom. The van der Waals surface area contributed by atoms with Crippen LogP contribution in [0.1, 0.15) is 57.9 Å². The molecule has 4 rings (SSSR count). The standard InChI is InChI=1S/C21H30BrN3O2/c1-2-13-27-18-6-4-16(5-7-18)24-11-9-17(10-12-24)25-20-14-15(22)3-8-19(20)23-21(25)26/h3,8,14,16-18H,2,4-7,9-13H2,1H3,(H,23,26). The predicted molar refractivity (Wildman–Crippen MR) is 112 cm³/mol. The van der Waals surface area contributed by atoms with E-state index in [4.69, 9.17) is 4.74 Å². The average molecular weight is 436 g/mol. The first-order valence-corrected chi connectivity index (χ1v) is 11.2. The van der Waals surface area contributed by atoms with Crippen LogP contribution >= 0.6 is 15.9 Å².